The zero-order chi connectivity index (χ0) is 13.2. The molecule has 0 amide bonds. The number of hydrogen-bond acceptors (Lipinski definition) is 3. The van der Waals surface area contributed by atoms with Gasteiger partial charge in [-0.1, -0.05) is 36.4 Å². The van der Waals surface area contributed by atoms with Crippen LogP contribution in [0.3, 0.4) is 0 Å². The normalized spacial score (nSPS) is 20.9. The Kier molecular flexibility index (Phi) is 3.21. The number of carbonyl (C=O) groups is 1. The van der Waals surface area contributed by atoms with E-state index < -0.39 is 11.6 Å². The molecule has 4 heteroatoms. The maximum absolute atomic E-state index is 9.96. The molecule has 2 N–H and O–H groups in total. The van der Waals surface area contributed by atoms with E-state index >= 15 is 0 Å². The smallest absolute Gasteiger partial charge is 0.338 e. The minimum atomic E-state index is -0.868. The Balaban J connectivity index is 0.000000149. The number of epoxide rings is 1. The summed E-state index contributed by atoms with van der Waals surface area (Å²) in [7, 11) is 0. The van der Waals surface area contributed by atoms with Crippen molar-refractivity contribution in [3.8, 4) is 5.75 Å². The highest BCUT2D eigenvalue weighted by Crippen LogP contribution is 2.25. The molecule has 0 bridgehead atoms. The lowest BCUT2D eigenvalue weighted by atomic mass is 10.1. The molecule has 1 heterocycles. The number of carboxylic acids is 1. The minimum Gasteiger partial charge on any atom is -0.507 e. The molecule has 0 spiro atoms. The van der Waals surface area contributed by atoms with Crippen LogP contribution >= 0.6 is 0 Å². The fraction of sp³-hybridized carbons (Fsp3) is 0.214. The van der Waals surface area contributed by atoms with E-state index in [-0.39, 0.29) is 0 Å². The summed E-state index contributed by atoms with van der Waals surface area (Å²) in [4.78, 5) is 9.96. The number of ether oxygens (including phenoxy) is 1. The van der Waals surface area contributed by atoms with Crippen LogP contribution in [0.1, 0.15) is 6.92 Å². The van der Waals surface area contributed by atoms with Crippen molar-refractivity contribution in [1.82, 2.24) is 0 Å². The van der Waals surface area contributed by atoms with Crippen molar-refractivity contribution in [2.75, 3.05) is 6.61 Å². The zero-order valence-corrected chi connectivity index (χ0v) is 9.96. The first-order valence-corrected chi connectivity index (χ1v) is 5.57. The molecule has 94 valence electrons. The summed E-state index contributed by atoms with van der Waals surface area (Å²) < 4.78 is 4.56. The van der Waals surface area contributed by atoms with Gasteiger partial charge >= 0.3 is 5.97 Å². The van der Waals surface area contributed by atoms with Gasteiger partial charge in [-0.25, -0.2) is 4.79 Å². The SMILES string of the molecule is CC1(C(=O)O)CO1.Oc1cccc2ccccc12. The molecule has 1 saturated heterocycles. The lowest BCUT2D eigenvalue weighted by Gasteiger charge is -1.97. The van der Waals surface area contributed by atoms with Crippen LogP contribution in [0.2, 0.25) is 0 Å². The highest BCUT2D eigenvalue weighted by Gasteiger charge is 2.47. The molecule has 18 heavy (non-hydrogen) atoms. The van der Waals surface area contributed by atoms with Gasteiger partial charge in [-0.2, -0.15) is 0 Å². The standard InChI is InChI=1S/C10H8O.C4H6O3/c11-10-7-3-5-8-4-1-2-6-9(8)10;1-4(2-7-4)3(5)6/h1-7,11H;2H2,1H3,(H,5,6). The van der Waals surface area contributed by atoms with Crippen LogP contribution in [0.25, 0.3) is 10.8 Å². The second kappa shape index (κ2) is 4.66. The number of benzene rings is 2. The van der Waals surface area contributed by atoms with Crippen molar-refractivity contribution in [3.05, 3.63) is 42.5 Å². The van der Waals surface area contributed by atoms with Crippen LogP contribution < -0.4 is 0 Å². The molecule has 0 saturated carbocycles. The van der Waals surface area contributed by atoms with Gasteiger partial charge in [0, 0.05) is 5.39 Å². The van der Waals surface area contributed by atoms with Gasteiger partial charge in [-0.3, -0.25) is 0 Å². The maximum Gasteiger partial charge on any atom is 0.338 e. The number of aliphatic carboxylic acids is 1. The molecule has 1 aliphatic rings. The molecule has 2 aromatic rings. The fourth-order valence-electron chi connectivity index (χ4n) is 1.44. The van der Waals surface area contributed by atoms with E-state index in [0.717, 1.165) is 10.8 Å². The lowest BCUT2D eigenvalue weighted by molar-refractivity contribution is -0.142. The summed E-state index contributed by atoms with van der Waals surface area (Å²) >= 11 is 0. The first kappa shape index (κ1) is 12.4. The van der Waals surface area contributed by atoms with Crippen molar-refractivity contribution in [2.24, 2.45) is 0 Å². The predicted octanol–water partition coefficient (Wildman–Crippen LogP) is 2.41. The van der Waals surface area contributed by atoms with E-state index in [1.54, 1.807) is 13.0 Å². The van der Waals surface area contributed by atoms with Crippen LogP contribution in [0.5, 0.6) is 5.75 Å². The Hall–Kier alpha value is -2.07. The molecule has 0 radical (unpaired) electrons. The molecule has 0 aromatic heterocycles. The minimum absolute atomic E-state index is 0.350. The van der Waals surface area contributed by atoms with Crippen molar-refractivity contribution >= 4 is 16.7 Å². The number of hydrogen-bond donors (Lipinski definition) is 2. The first-order valence-electron chi connectivity index (χ1n) is 5.57. The lowest BCUT2D eigenvalue weighted by Crippen LogP contribution is -2.18. The molecule has 1 fully saturated rings. The Morgan fingerprint density at radius 1 is 1.22 bits per heavy atom. The maximum atomic E-state index is 9.96. The predicted molar refractivity (Wildman–Crippen MR) is 67.6 cm³/mol. The van der Waals surface area contributed by atoms with Crippen LogP contribution in [-0.4, -0.2) is 28.4 Å². The third-order valence-electron chi connectivity index (χ3n) is 2.80. The van der Waals surface area contributed by atoms with Crippen molar-refractivity contribution in [3.63, 3.8) is 0 Å². The number of phenols is 1. The van der Waals surface area contributed by atoms with Crippen LogP contribution in [-0.2, 0) is 9.53 Å². The van der Waals surface area contributed by atoms with Gasteiger partial charge in [0.1, 0.15) is 5.75 Å². The van der Waals surface area contributed by atoms with Gasteiger partial charge in [0.15, 0.2) is 5.60 Å². The molecule has 1 unspecified atom stereocenters. The molecule has 1 aliphatic heterocycles. The highest BCUT2D eigenvalue weighted by atomic mass is 16.6. The highest BCUT2D eigenvalue weighted by molar-refractivity contribution is 5.87. The first-order chi connectivity index (χ1) is 8.53. The largest absolute Gasteiger partial charge is 0.507 e. The van der Waals surface area contributed by atoms with Gasteiger partial charge in [0.25, 0.3) is 0 Å². The third-order valence-corrected chi connectivity index (χ3v) is 2.80. The van der Waals surface area contributed by atoms with E-state index in [2.05, 4.69) is 4.74 Å². The number of rotatable bonds is 1. The molecule has 4 nitrogen and oxygen atoms in total. The molecule has 3 rings (SSSR count). The summed E-state index contributed by atoms with van der Waals surface area (Å²) in [6, 6.07) is 13.3. The Morgan fingerprint density at radius 2 is 1.83 bits per heavy atom. The van der Waals surface area contributed by atoms with Gasteiger partial charge < -0.3 is 14.9 Å². The van der Waals surface area contributed by atoms with Gasteiger partial charge in [0.05, 0.1) is 6.61 Å². The van der Waals surface area contributed by atoms with Gasteiger partial charge in [-0.15, -0.1) is 0 Å². The van der Waals surface area contributed by atoms with E-state index in [9.17, 15) is 9.90 Å². The van der Waals surface area contributed by atoms with Crippen molar-refractivity contribution in [1.29, 1.82) is 0 Å². The van der Waals surface area contributed by atoms with Crippen molar-refractivity contribution < 1.29 is 19.7 Å². The van der Waals surface area contributed by atoms with Crippen molar-refractivity contribution in [2.45, 2.75) is 12.5 Å². The summed E-state index contributed by atoms with van der Waals surface area (Å²) in [6.45, 7) is 1.91. The third kappa shape index (κ3) is 2.60. The number of carboxylic acid groups (broad SMARTS) is 1. The molecule has 1 atom stereocenters. The van der Waals surface area contributed by atoms with Crippen LogP contribution in [0.4, 0.5) is 0 Å². The summed E-state index contributed by atoms with van der Waals surface area (Å²) in [5.41, 5.74) is -0.833. The van der Waals surface area contributed by atoms with Gasteiger partial charge in [-0.05, 0) is 18.4 Å². The van der Waals surface area contributed by atoms with Crippen LogP contribution in [0.15, 0.2) is 42.5 Å². The Morgan fingerprint density at radius 3 is 2.33 bits per heavy atom. The quantitative estimate of drug-likeness (QED) is 0.758. The molecule has 0 aliphatic carbocycles. The number of phenolic OH excluding ortho intramolecular Hbond substituents is 1. The van der Waals surface area contributed by atoms with Gasteiger partial charge in [0.2, 0.25) is 0 Å². The van der Waals surface area contributed by atoms with E-state index in [1.807, 2.05) is 36.4 Å². The van der Waals surface area contributed by atoms with E-state index in [1.165, 1.54) is 0 Å². The molecular formula is C14H14O4. The molecular weight excluding hydrogens is 232 g/mol. The van der Waals surface area contributed by atoms with Crippen LogP contribution in [0, 0.1) is 0 Å². The second-order valence-electron chi connectivity index (χ2n) is 4.32. The molecule has 2 aromatic carbocycles. The Labute approximate surface area is 104 Å². The monoisotopic (exact) mass is 246 g/mol. The van der Waals surface area contributed by atoms with E-state index in [0.29, 0.717) is 12.4 Å². The Bertz CT molecular complexity index is 568. The average molecular weight is 246 g/mol. The topological polar surface area (TPSA) is 70.1 Å². The number of aromatic hydroxyl groups is 1. The van der Waals surface area contributed by atoms with E-state index in [4.69, 9.17) is 5.11 Å². The fourth-order valence-corrected chi connectivity index (χ4v) is 1.44. The zero-order valence-electron chi connectivity index (χ0n) is 9.96. The summed E-state index contributed by atoms with van der Waals surface area (Å²) in [5, 5.41) is 19.5. The second-order valence-corrected chi connectivity index (χ2v) is 4.32. The average Bonchev–Trinajstić information content (AvgIpc) is 3.11. The summed E-state index contributed by atoms with van der Waals surface area (Å²) in [6.07, 6.45) is 0. The number of fused-ring (bicyclic) bond motifs is 1. The summed E-state index contributed by atoms with van der Waals surface area (Å²) in [5.74, 6) is -0.518.